The number of rotatable bonds is 7. The Kier molecular flexibility index (Phi) is 6.99. The first-order valence-electron chi connectivity index (χ1n) is 6.66. The molecular formula is C12H28N4O. The Balaban J connectivity index is 2.59. The molecule has 17 heavy (non-hydrogen) atoms. The summed E-state index contributed by atoms with van der Waals surface area (Å²) in [6.45, 7) is 7.76. The van der Waals surface area contributed by atoms with Crippen molar-refractivity contribution in [1.82, 2.24) is 14.9 Å². The molecule has 5 heteroatoms. The highest BCUT2D eigenvalue weighted by molar-refractivity contribution is 4.75. The molecule has 0 aromatic carbocycles. The van der Waals surface area contributed by atoms with Gasteiger partial charge in [-0.2, -0.15) is 0 Å². The van der Waals surface area contributed by atoms with E-state index in [0.29, 0.717) is 6.17 Å². The van der Waals surface area contributed by atoms with Crippen LogP contribution in [0.15, 0.2) is 0 Å². The zero-order valence-corrected chi connectivity index (χ0v) is 11.6. The van der Waals surface area contributed by atoms with Gasteiger partial charge in [0.2, 0.25) is 0 Å². The van der Waals surface area contributed by atoms with Gasteiger partial charge in [0, 0.05) is 33.7 Å². The van der Waals surface area contributed by atoms with Crippen LogP contribution in [-0.2, 0) is 4.74 Å². The Morgan fingerprint density at radius 1 is 1.41 bits per heavy atom. The van der Waals surface area contributed by atoms with Gasteiger partial charge in [0.15, 0.2) is 0 Å². The fourth-order valence-corrected chi connectivity index (χ4v) is 2.30. The van der Waals surface area contributed by atoms with Gasteiger partial charge >= 0.3 is 0 Å². The summed E-state index contributed by atoms with van der Waals surface area (Å²) >= 11 is 0. The molecule has 1 aliphatic heterocycles. The van der Waals surface area contributed by atoms with Gasteiger partial charge in [-0.25, -0.2) is 10.0 Å². The molecule has 0 aromatic heterocycles. The van der Waals surface area contributed by atoms with Crippen molar-refractivity contribution in [3.63, 3.8) is 0 Å². The number of nitrogens with zero attached hydrogens (tertiary/aromatic N) is 3. The van der Waals surface area contributed by atoms with Gasteiger partial charge in [0.1, 0.15) is 0 Å². The molecule has 1 atom stereocenters. The molecule has 0 bridgehead atoms. The second-order valence-corrected chi connectivity index (χ2v) is 4.74. The fraction of sp³-hybridized carbons (Fsp3) is 1.00. The summed E-state index contributed by atoms with van der Waals surface area (Å²) in [5.41, 5.74) is 5.60. The van der Waals surface area contributed by atoms with Crippen LogP contribution in [0.1, 0.15) is 19.8 Å². The molecule has 0 amide bonds. The summed E-state index contributed by atoms with van der Waals surface area (Å²) in [4.78, 5) is 2.49. The van der Waals surface area contributed by atoms with E-state index in [4.69, 9.17) is 10.5 Å². The lowest BCUT2D eigenvalue weighted by Gasteiger charge is -2.44. The molecule has 0 radical (unpaired) electrons. The lowest BCUT2D eigenvalue weighted by molar-refractivity contribution is -0.143. The maximum absolute atomic E-state index is 5.63. The summed E-state index contributed by atoms with van der Waals surface area (Å²) in [6, 6.07) is 0. The molecule has 5 nitrogen and oxygen atoms in total. The number of morpholine rings is 1. The van der Waals surface area contributed by atoms with E-state index in [1.807, 2.05) is 0 Å². The van der Waals surface area contributed by atoms with E-state index in [1.165, 1.54) is 0 Å². The maximum Gasteiger partial charge on any atom is 0.0997 e. The standard InChI is InChI=1S/C12H28N4O/c1-4-7-16(14(2)3)12-11-17-10-9-15(12)8-5-6-13/h12H,4-11,13H2,1-3H3. The molecule has 2 N–H and O–H groups in total. The van der Waals surface area contributed by atoms with Crippen LogP contribution in [0, 0.1) is 0 Å². The van der Waals surface area contributed by atoms with Gasteiger partial charge in [0.05, 0.1) is 19.4 Å². The van der Waals surface area contributed by atoms with Crippen molar-refractivity contribution in [2.75, 3.05) is 53.5 Å². The van der Waals surface area contributed by atoms with Gasteiger partial charge in [-0.15, -0.1) is 0 Å². The highest BCUT2D eigenvalue weighted by Crippen LogP contribution is 2.13. The van der Waals surface area contributed by atoms with Crippen LogP contribution in [0.3, 0.4) is 0 Å². The van der Waals surface area contributed by atoms with E-state index in [9.17, 15) is 0 Å². The smallest absolute Gasteiger partial charge is 0.0997 e. The lowest BCUT2D eigenvalue weighted by Crippen LogP contribution is -2.59. The summed E-state index contributed by atoms with van der Waals surface area (Å²) in [5, 5.41) is 4.56. The average molecular weight is 244 g/mol. The van der Waals surface area contributed by atoms with E-state index in [0.717, 1.165) is 52.2 Å². The van der Waals surface area contributed by atoms with Crippen LogP contribution >= 0.6 is 0 Å². The van der Waals surface area contributed by atoms with Gasteiger partial charge in [-0.3, -0.25) is 4.90 Å². The lowest BCUT2D eigenvalue weighted by atomic mass is 10.3. The Bertz CT molecular complexity index is 201. The molecule has 1 heterocycles. The monoisotopic (exact) mass is 244 g/mol. The van der Waals surface area contributed by atoms with Crippen LogP contribution in [0.25, 0.3) is 0 Å². The Labute approximate surface area is 105 Å². The van der Waals surface area contributed by atoms with Crippen LogP contribution < -0.4 is 5.73 Å². The van der Waals surface area contributed by atoms with Crippen molar-refractivity contribution >= 4 is 0 Å². The first kappa shape index (κ1) is 14.9. The molecule has 0 spiro atoms. The molecule has 1 saturated heterocycles. The van der Waals surface area contributed by atoms with Crippen LogP contribution in [0.2, 0.25) is 0 Å². The minimum atomic E-state index is 0.366. The predicted molar refractivity (Wildman–Crippen MR) is 70.5 cm³/mol. The number of hydrogen-bond donors (Lipinski definition) is 1. The summed E-state index contributed by atoms with van der Waals surface area (Å²) in [6.07, 6.45) is 2.58. The molecule has 0 aliphatic carbocycles. The number of ether oxygens (including phenoxy) is 1. The van der Waals surface area contributed by atoms with Gasteiger partial charge in [-0.1, -0.05) is 6.92 Å². The van der Waals surface area contributed by atoms with Gasteiger partial charge < -0.3 is 10.5 Å². The SMILES string of the molecule is CCCN(C1COCCN1CCCN)N(C)C. The van der Waals surface area contributed by atoms with E-state index in [-0.39, 0.29) is 0 Å². The van der Waals surface area contributed by atoms with Crippen molar-refractivity contribution < 1.29 is 4.74 Å². The van der Waals surface area contributed by atoms with Crippen molar-refractivity contribution in [2.24, 2.45) is 5.73 Å². The maximum atomic E-state index is 5.63. The van der Waals surface area contributed by atoms with Crippen LogP contribution in [-0.4, -0.2) is 74.6 Å². The summed E-state index contributed by atoms with van der Waals surface area (Å²) < 4.78 is 5.63. The zero-order chi connectivity index (χ0) is 12.7. The largest absolute Gasteiger partial charge is 0.377 e. The molecular weight excluding hydrogens is 216 g/mol. The molecule has 102 valence electrons. The highest BCUT2D eigenvalue weighted by atomic mass is 16.5. The van der Waals surface area contributed by atoms with Crippen molar-refractivity contribution in [1.29, 1.82) is 0 Å². The third-order valence-electron chi connectivity index (χ3n) is 3.17. The number of hydrazine groups is 1. The third-order valence-corrected chi connectivity index (χ3v) is 3.17. The first-order valence-corrected chi connectivity index (χ1v) is 6.66. The normalized spacial score (nSPS) is 22.6. The summed E-state index contributed by atoms with van der Waals surface area (Å²) in [7, 11) is 4.21. The predicted octanol–water partition coefficient (Wildman–Crippen LogP) is 0.182. The van der Waals surface area contributed by atoms with Crippen LogP contribution in [0.5, 0.6) is 0 Å². The molecule has 1 fully saturated rings. The Morgan fingerprint density at radius 2 is 2.18 bits per heavy atom. The van der Waals surface area contributed by atoms with Crippen LogP contribution in [0.4, 0.5) is 0 Å². The van der Waals surface area contributed by atoms with Crippen molar-refractivity contribution in [3.8, 4) is 0 Å². The second kappa shape index (κ2) is 8.00. The zero-order valence-electron chi connectivity index (χ0n) is 11.6. The Hall–Kier alpha value is -0.200. The molecule has 0 aromatic rings. The number of nitrogens with two attached hydrogens (primary N) is 1. The van der Waals surface area contributed by atoms with Gasteiger partial charge in [-0.05, 0) is 19.4 Å². The third kappa shape index (κ3) is 4.52. The quantitative estimate of drug-likeness (QED) is 0.647. The topological polar surface area (TPSA) is 45.0 Å². The number of hydrogen-bond acceptors (Lipinski definition) is 5. The van der Waals surface area contributed by atoms with E-state index < -0.39 is 0 Å². The molecule has 1 aliphatic rings. The molecule has 0 saturated carbocycles. The second-order valence-electron chi connectivity index (χ2n) is 4.74. The van der Waals surface area contributed by atoms with E-state index in [2.05, 4.69) is 35.9 Å². The average Bonchev–Trinajstić information content (AvgIpc) is 2.33. The minimum Gasteiger partial charge on any atom is -0.377 e. The summed E-state index contributed by atoms with van der Waals surface area (Å²) in [5.74, 6) is 0. The highest BCUT2D eigenvalue weighted by Gasteiger charge is 2.28. The Morgan fingerprint density at radius 3 is 2.76 bits per heavy atom. The first-order chi connectivity index (χ1) is 8.20. The van der Waals surface area contributed by atoms with Crippen molar-refractivity contribution in [3.05, 3.63) is 0 Å². The molecule has 1 rings (SSSR count). The fourth-order valence-electron chi connectivity index (χ4n) is 2.30. The van der Waals surface area contributed by atoms with E-state index in [1.54, 1.807) is 0 Å². The minimum absolute atomic E-state index is 0.366. The van der Waals surface area contributed by atoms with Crippen molar-refractivity contribution in [2.45, 2.75) is 25.9 Å². The van der Waals surface area contributed by atoms with E-state index >= 15 is 0 Å². The van der Waals surface area contributed by atoms with Gasteiger partial charge in [0.25, 0.3) is 0 Å². The molecule has 1 unspecified atom stereocenters.